The van der Waals surface area contributed by atoms with Crippen LogP contribution in [-0.4, -0.2) is 81.0 Å². The summed E-state index contributed by atoms with van der Waals surface area (Å²) in [6.07, 6.45) is 0.920. The Hall–Kier alpha value is -2.99. The molecule has 11 heteroatoms. The lowest BCUT2D eigenvalue weighted by Crippen LogP contribution is -2.46. The molecule has 1 aliphatic heterocycles. The van der Waals surface area contributed by atoms with E-state index in [1.165, 1.54) is 16.4 Å². The first kappa shape index (κ1) is 29.6. The van der Waals surface area contributed by atoms with Gasteiger partial charge in [0, 0.05) is 50.5 Å². The van der Waals surface area contributed by atoms with Crippen LogP contribution >= 0.6 is 0 Å². The summed E-state index contributed by atoms with van der Waals surface area (Å²) >= 11 is 0. The van der Waals surface area contributed by atoms with Crippen LogP contribution in [0.2, 0.25) is 0 Å². The highest BCUT2D eigenvalue weighted by molar-refractivity contribution is 7.89. The zero-order valence-electron chi connectivity index (χ0n) is 22.4. The minimum absolute atomic E-state index is 0.202. The zero-order valence-corrected chi connectivity index (χ0v) is 23.2. The second-order valence-electron chi connectivity index (χ2n) is 10.2. The molecule has 208 valence electrons. The molecule has 38 heavy (non-hydrogen) atoms. The molecule has 0 unspecified atom stereocenters. The Bertz CT molecular complexity index is 1170. The van der Waals surface area contributed by atoms with Crippen molar-refractivity contribution in [3.05, 3.63) is 59.7 Å². The number of piperazine rings is 1. The van der Waals surface area contributed by atoms with E-state index >= 15 is 0 Å². The SMILES string of the molecule is CC(C)(C)OC(=O)N(CCCN)CCc1ccc(C(=O)Nc2ccc(S(=O)(=O)N3CCNCC3)cc2)cc1. The standard InChI is InChI=1S/C27H39N5O5S/c1-27(2,3)37-26(34)31(17-4-14-28)18-13-21-5-7-22(8-6-21)25(33)30-23-9-11-24(12-10-23)38(35,36)32-19-15-29-16-20-32/h5-12,29H,4,13-20,28H2,1-3H3,(H,30,33). The van der Waals surface area contributed by atoms with E-state index in [-0.39, 0.29) is 16.9 Å². The Labute approximate surface area is 225 Å². The number of hydrogen-bond acceptors (Lipinski definition) is 7. The highest BCUT2D eigenvalue weighted by Gasteiger charge is 2.26. The molecule has 2 aromatic rings. The molecule has 0 aromatic heterocycles. The Morgan fingerprint density at radius 1 is 1.03 bits per heavy atom. The number of nitrogens with one attached hydrogen (secondary N) is 2. The third kappa shape index (κ3) is 8.52. The number of carbonyl (C=O) groups excluding carboxylic acids is 2. The number of ether oxygens (including phenoxy) is 1. The second kappa shape index (κ2) is 13.2. The number of hydrogen-bond donors (Lipinski definition) is 3. The van der Waals surface area contributed by atoms with Crippen molar-refractivity contribution in [2.45, 2.75) is 44.1 Å². The number of benzene rings is 2. The Kier molecular flexibility index (Phi) is 10.3. The summed E-state index contributed by atoms with van der Waals surface area (Å²) in [4.78, 5) is 27.1. The van der Waals surface area contributed by atoms with Gasteiger partial charge in [0.15, 0.2) is 0 Å². The van der Waals surface area contributed by atoms with E-state index in [2.05, 4.69) is 10.6 Å². The first-order chi connectivity index (χ1) is 18.0. The lowest BCUT2D eigenvalue weighted by molar-refractivity contribution is 0.0251. The highest BCUT2D eigenvalue weighted by Crippen LogP contribution is 2.20. The van der Waals surface area contributed by atoms with Crippen LogP contribution in [0.15, 0.2) is 53.4 Å². The molecular formula is C27H39N5O5S. The van der Waals surface area contributed by atoms with Crippen LogP contribution in [0.5, 0.6) is 0 Å². The first-order valence-electron chi connectivity index (χ1n) is 12.9. The fraction of sp³-hybridized carbons (Fsp3) is 0.481. The largest absolute Gasteiger partial charge is 0.444 e. The van der Waals surface area contributed by atoms with Crippen molar-refractivity contribution in [2.24, 2.45) is 5.73 Å². The first-order valence-corrected chi connectivity index (χ1v) is 14.3. The number of nitrogens with zero attached hydrogens (tertiary/aromatic N) is 2. The van der Waals surface area contributed by atoms with E-state index in [0.29, 0.717) is 69.9 Å². The summed E-state index contributed by atoms with van der Waals surface area (Å²) in [5.74, 6) is -0.299. The summed E-state index contributed by atoms with van der Waals surface area (Å²) in [6, 6.07) is 13.4. The maximum Gasteiger partial charge on any atom is 0.410 e. The van der Waals surface area contributed by atoms with Crippen molar-refractivity contribution in [3.63, 3.8) is 0 Å². The summed E-state index contributed by atoms with van der Waals surface area (Å²) in [5, 5.41) is 5.95. The Morgan fingerprint density at radius 2 is 1.66 bits per heavy atom. The van der Waals surface area contributed by atoms with Crippen LogP contribution in [0, 0.1) is 0 Å². The van der Waals surface area contributed by atoms with E-state index in [9.17, 15) is 18.0 Å². The molecule has 1 heterocycles. The van der Waals surface area contributed by atoms with E-state index in [1.807, 2.05) is 32.9 Å². The van der Waals surface area contributed by atoms with Crippen LogP contribution in [-0.2, 0) is 21.2 Å². The molecule has 1 fully saturated rings. The van der Waals surface area contributed by atoms with Crippen molar-refractivity contribution in [1.29, 1.82) is 0 Å². The molecule has 2 aromatic carbocycles. The molecule has 0 bridgehead atoms. The normalized spacial score (nSPS) is 14.6. The molecule has 1 saturated heterocycles. The molecule has 2 amide bonds. The summed E-state index contributed by atoms with van der Waals surface area (Å²) in [5.41, 5.74) is 7.00. The van der Waals surface area contributed by atoms with E-state index in [0.717, 1.165) is 5.56 Å². The van der Waals surface area contributed by atoms with Crippen LogP contribution in [0.25, 0.3) is 0 Å². The van der Waals surface area contributed by atoms with Gasteiger partial charge >= 0.3 is 6.09 Å². The van der Waals surface area contributed by atoms with E-state index in [4.69, 9.17) is 10.5 Å². The van der Waals surface area contributed by atoms with Gasteiger partial charge in [-0.1, -0.05) is 12.1 Å². The van der Waals surface area contributed by atoms with Crippen LogP contribution in [0.3, 0.4) is 0 Å². The van der Waals surface area contributed by atoms with Gasteiger partial charge in [-0.15, -0.1) is 0 Å². The molecule has 3 rings (SSSR count). The van der Waals surface area contributed by atoms with E-state index < -0.39 is 15.6 Å². The van der Waals surface area contributed by atoms with Crippen molar-refractivity contribution < 1.29 is 22.7 Å². The van der Waals surface area contributed by atoms with Gasteiger partial charge in [-0.3, -0.25) is 4.79 Å². The van der Waals surface area contributed by atoms with Gasteiger partial charge in [-0.2, -0.15) is 4.31 Å². The monoisotopic (exact) mass is 545 g/mol. The predicted octanol–water partition coefficient (Wildman–Crippen LogP) is 2.66. The van der Waals surface area contributed by atoms with Crippen LogP contribution < -0.4 is 16.4 Å². The maximum atomic E-state index is 12.8. The number of nitrogens with two attached hydrogens (primary N) is 1. The molecular weight excluding hydrogens is 506 g/mol. The van der Waals surface area contributed by atoms with Crippen LogP contribution in [0.4, 0.5) is 10.5 Å². The van der Waals surface area contributed by atoms with Crippen molar-refractivity contribution >= 4 is 27.7 Å². The third-order valence-electron chi connectivity index (χ3n) is 6.00. The van der Waals surface area contributed by atoms with Crippen molar-refractivity contribution in [3.8, 4) is 0 Å². The predicted molar refractivity (Wildman–Crippen MR) is 148 cm³/mol. The molecule has 4 N–H and O–H groups in total. The van der Waals surface area contributed by atoms with Gasteiger partial charge in [0.05, 0.1) is 4.90 Å². The van der Waals surface area contributed by atoms with Gasteiger partial charge in [0.1, 0.15) is 5.60 Å². The Morgan fingerprint density at radius 3 is 2.24 bits per heavy atom. The molecule has 0 aliphatic carbocycles. The number of rotatable bonds is 10. The lowest BCUT2D eigenvalue weighted by Gasteiger charge is -2.27. The maximum absolute atomic E-state index is 12.8. The highest BCUT2D eigenvalue weighted by atomic mass is 32.2. The molecule has 10 nitrogen and oxygen atoms in total. The third-order valence-corrected chi connectivity index (χ3v) is 7.91. The number of amides is 2. The summed E-state index contributed by atoms with van der Waals surface area (Å²) in [6.45, 7) is 9.10. The molecule has 1 aliphatic rings. The van der Waals surface area contributed by atoms with Crippen LogP contribution in [0.1, 0.15) is 43.1 Å². The number of anilines is 1. The van der Waals surface area contributed by atoms with Gasteiger partial charge in [-0.05, 0) is 82.1 Å². The molecule has 0 spiro atoms. The van der Waals surface area contributed by atoms with Gasteiger partial charge in [-0.25, -0.2) is 13.2 Å². The molecule has 0 saturated carbocycles. The average Bonchev–Trinajstić information content (AvgIpc) is 2.89. The second-order valence-corrected chi connectivity index (χ2v) is 12.1. The topological polar surface area (TPSA) is 134 Å². The quantitative estimate of drug-likeness (QED) is 0.418. The van der Waals surface area contributed by atoms with E-state index in [1.54, 1.807) is 29.2 Å². The smallest absolute Gasteiger partial charge is 0.410 e. The minimum atomic E-state index is -3.55. The zero-order chi connectivity index (χ0) is 27.8. The lowest BCUT2D eigenvalue weighted by atomic mass is 10.1. The average molecular weight is 546 g/mol. The molecule has 0 radical (unpaired) electrons. The summed E-state index contributed by atoms with van der Waals surface area (Å²) in [7, 11) is -3.55. The number of carbonyl (C=O) groups is 2. The number of sulfonamides is 1. The fourth-order valence-corrected chi connectivity index (χ4v) is 5.38. The minimum Gasteiger partial charge on any atom is -0.444 e. The van der Waals surface area contributed by atoms with Crippen molar-refractivity contribution in [1.82, 2.24) is 14.5 Å². The summed E-state index contributed by atoms with van der Waals surface area (Å²) < 4.78 is 32.6. The Balaban J connectivity index is 1.57. The van der Waals surface area contributed by atoms with Gasteiger partial charge < -0.3 is 26.0 Å². The van der Waals surface area contributed by atoms with Gasteiger partial charge in [0.25, 0.3) is 5.91 Å². The van der Waals surface area contributed by atoms with Gasteiger partial charge in [0.2, 0.25) is 10.0 Å². The van der Waals surface area contributed by atoms with Crippen molar-refractivity contribution in [2.75, 3.05) is 51.1 Å². The molecule has 0 atom stereocenters. The fourth-order valence-electron chi connectivity index (χ4n) is 3.94.